The zero-order valence-electron chi connectivity index (χ0n) is 13.5. The Morgan fingerprint density at radius 3 is 2.14 bits per heavy atom. The van der Waals surface area contributed by atoms with Crippen molar-refractivity contribution in [1.82, 2.24) is 4.31 Å². The molecule has 2 unspecified atom stereocenters. The molecule has 21 heavy (non-hydrogen) atoms. The molecular formula is C16H28N2O2S. The van der Waals surface area contributed by atoms with E-state index in [-0.39, 0.29) is 6.04 Å². The summed E-state index contributed by atoms with van der Waals surface area (Å²) in [5.41, 5.74) is 5.78. The van der Waals surface area contributed by atoms with E-state index in [0.29, 0.717) is 23.3 Å². The van der Waals surface area contributed by atoms with Gasteiger partial charge < -0.3 is 5.73 Å². The summed E-state index contributed by atoms with van der Waals surface area (Å²) in [5, 5.41) is 0. The summed E-state index contributed by atoms with van der Waals surface area (Å²) in [4.78, 5) is 0.346. The Balaban J connectivity index is 2.72. The Morgan fingerprint density at radius 1 is 1.10 bits per heavy atom. The predicted octanol–water partition coefficient (Wildman–Crippen LogP) is 2.71. The smallest absolute Gasteiger partial charge is 0.243 e. The van der Waals surface area contributed by atoms with E-state index >= 15 is 0 Å². The van der Waals surface area contributed by atoms with E-state index in [1.54, 1.807) is 31.3 Å². The SMILES string of the molecule is CC(C)C(CN)CCC(C)N(C)S(=O)(=O)c1ccccc1. The van der Waals surface area contributed by atoms with E-state index in [2.05, 4.69) is 13.8 Å². The highest BCUT2D eigenvalue weighted by Crippen LogP contribution is 2.22. The van der Waals surface area contributed by atoms with Crippen molar-refractivity contribution >= 4 is 10.0 Å². The van der Waals surface area contributed by atoms with Crippen LogP contribution in [0.5, 0.6) is 0 Å². The first-order valence-electron chi connectivity index (χ1n) is 7.53. The maximum absolute atomic E-state index is 12.5. The molecule has 0 saturated heterocycles. The largest absolute Gasteiger partial charge is 0.330 e. The second-order valence-electron chi connectivity index (χ2n) is 6.00. The standard InChI is InChI=1S/C16H28N2O2S/c1-13(2)15(12-17)11-10-14(3)18(4)21(19,20)16-8-6-5-7-9-16/h5-9,13-15H,10-12,17H2,1-4H3. The third-order valence-corrected chi connectivity index (χ3v) is 6.23. The van der Waals surface area contributed by atoms with Crippen LogP contribution in [-0.2, 0) is 10.0 Å². The number of benzene rings is 1. The summed E-state index contributed by atoms with van der Waals surface area (Å²) in [7, 11) is -1.76. The van der Waals surface area contributed by atoms with Gasteiger partial charge in [-0.15, -0.1) is 0 Å². The van der Waals surface area contributed by atoms with Gasteiger partial charge in [0.2, 0.25) is 10.0 Å². The van der Waals surface area contributed by atoms with E-state index in [1.165, 1.54) is 4.31 Å². The number of rotatable bonds is 8. The van der Waals surface area contributed by atoms with Crippen molar-refractivity contribution in [2.45, 2.75) is 44.6 Å². The molecule has 0 aliphatic heterocycles. The lowest BCUT2D eigenvalue weighted by molar-refractivity contribution is 0.303. The van der Waals surface area contributed by atoms with Gasteiger partial charge in [0.05, 0.1) is 4.90 Å². The molecule has 1 aromatic rings. The van der Waals surface area contributed by atoms with Gasteiger partial charge in [-0.05, 0) is 50.3 Å². The van der Waals surface area contributed by atoms with Crippen LogP contribution >= 0.6 is 0 Å². The number of hydrogen-bond acceptors (Lipinski definition) is 3. The summed E-state index contributed by atoms with van der Waals surface area (Å²) < 4.78 is 26.5. The van der Waals surface area contributed by atoms with Gasteiger partial charge in [-0.2, -0.15) is 4.31 Å². The van der Waals surface area contributed by atoms with E-state index in [9.17, 15) is 8.42 Å². The van der Waals surface area contributed by atoms with Crippen LogP contribution in [0.25, 0.3) is 0 Å². The average molecular weight is 312 g/mol. The highest BCUT2D eigenvalue weighted by Gasteiger charge is 2.25. The minimum Gasteiger partial charge on any atom is -0.330 e. The van der Waals surface area contributed by atoms with E-state index in [4.69, 9.17) is 5.73 Å². The first kappa shape index (κ1) is 18.1. The van der Waals surface area contributed by atoms with Crippen molar-refractivity contribution in [1.29, 1.82) is 0 Å². The van der Waals surface area contributed by atoms with Gasteiger partial charge >= 0.3 is 0 Å². The Bertz CT molecular complexity index is 514. The summed E-state index contributed by atoms with van der Waals surface area (Å²) in [6.07, 6.45) is 1.77. The fourth-order valence-electron chi connectivity index (χ4n) is 2.36. The third kappa shape index (κ3) is 4.80. The van der Waals surface area contributed by atoms with Crippen molar-refractivity contribution in [3.05, 3.63) is 30.3 Å². The third-order valence-electron chi connectivity index (χ3n) is 4.24. The summed E-state index contributed by atoms with van der Waals surface area (Å²) >= 11 is 0. The van der Waals surface area contributed by atoms with Crippen molar-refractivity contribution < 1.29 is 8.42 Å². The summed E-state index contributed by atoms with van der Waals surface area (Å²) in [6, 6.07) is 8.54. The zero-order chi connectivity index (χ0) is 16.0. The molecule has 0 amide bonds. The fraction of sp³-hybridized carbons (Fsp3) is 0.625. The van der Waals surface area contributed by atoms with Crippen LogP contribution in [-0.4, -0.2) is 32.4 Å². The van der Waals surface area contributed by atoms with Crippen molar-refractivity contribution in [2.24, 2.45) is 17.6 Å². The maximum Gasteiger partial charge on any atom is 0.243 e. The Morgan fingerprint density at radius 2 is 1.67 bits per heavy atom. The molecule has 0 aliphatic rings. The van der Waals surface area contributed by atoms with Crippen LogP contribution in [0, 0.1) is 11.8 Å². The predicted molar refractivity (Wildman–Crippen MR) is 87.5 cm³/mol. The zero-order valence-corrected chi connectivity index (χ0v) is 14.3. The van der Waals surface area contributed by atoms with Crippen LogP contribution in [0.4, 0.5) is 0 Å². The van der Waals surface area contributed by atoms with Gasteiger partial charge in [-0.3, -0.25) is 0 Å². The molecular weight excluding hydrogens is 284 g/mol. The summed E-state index contributed by atoms with van der Waals surface area (Å²) in [5.74, 6) is 0.971. The second-order valence-corrected chi connectivity index (χ2v) is 8.00. The van der Waals surface area contributed by atoms with Crippen LogP contribution in [0.15, 0.2) is 35.2 Å². The Labute approximate surface area is 129 Å². The first-order chi connectivity index (χ1) is 9.80. The topological polar surface area (TPSA) is 63.4 Å². The Hall–Kier alpha value is -0.910. The molecule has 0 aromatic heterocycles. The van der Waals surface area contributed by atoms with Crippen LogP contribution in [0.1, 0.15) is 33.6 Å². The van der Waals surface area contributed by atoms with Gasteiger partial charge in [-0.1, -0.05) is 32.0 Å². The quantitative estimate of drug-likeness (QED) is 0.802. The molecule has 2 N–H and O–H groups in total. The van der Waals surface area contributed by atoms with Gasteiger partial charge in [0.1, 0.15) is 0 Å². The monoisotopic (exact) mass is 312 g/mol. The van der Waals surface area contributed by atoms with E-state index in [1.807, 2.05) is 13.0 Å². The van der Waals surface area contributed by atoms with E-state index in [0.717, 1.165) is 12.8 Å². The molecule has 120 valence electrons. The lowest BCUT2D eigenvalue weighted by atomic mass is 9.90. The lowest BCUT2D eigenvalue weighted by Gasteiger charge is -2.27. The van der Waals surface area contributed by atoms with Crippen molar-refractivity contribution in [3.63, 3.8) is 0 Å². The number of sulfonamides is 1. The average Bonchev–Trinajstić information content (AvgIpc) is 2.47. The molecule has 0 saturated carbocycles. The maximum atomic E-state index is 12.5. The molecule has 5 heteroatoms. The van der Waals surface area contributed by atoms with E-state index < -0.39 is 10.0 Å². The number of hydrogen-bond donors (Lipinski definition) is 1. The molecule has 2 atom stereocenters. The van der Waals surface area contributed by atoms with Crippen LogP contribution in [0.3, 0.4) is 0 Å². The molecule has 0 radical (unpaired) electrons. The number of nitrogens with two attached hydrogens (primary N) is 1. The lowest BCUT2D eigenvalue weighted by Crippen LogP contribution is -2.36. The summed E-state index contributed by atoms with van der Waals surface area (Å²) in [6.45, 7) is 6.92. The highest BCUT2D eigenvalue weighted by molar-refractivity contribution is 7.89. The van der Waals surface area contributed by atoms with Crippen LogP contribution in [0.2, 0.25) is 0 Å². The highest BCUT2D eigenvalue weighted by atomic mass is 32.2. The second kappa shape index (κ2) is 7.92. The molecule has 0 spiro atoms. The molecule has 0 aliphatic carbocycles. The molecule has 0 bridgehead atoms. The van der Waals surface area contributed by atoms with Gasteiger partial charge in [0, 0.05) is 13.1 Å². The molecule has 4 nitrogen and oxygen atoms in total. The van der Waals surface area contributed by atoms with Crippen molar-refractivity contribution in [3.8, 4) is 0 Å². The van der Waals surface area contributed by atoms with Crippen molar-refractivity contribution in [2.75, 3.05) is 13.6 Å². The molecule has 1 aromatic carbocycles. The fourth-order valence-corrected chi connectivity index (χ4v) is 3.77. The molecule has 0 heterocycles. The van der Waals surface area contributed by atoms with Gasteiger partial charge in [-0.25, -0.2) is 8.42 Å². The van der Waals surface area contributed by atoms with Gasteiger partial charge in [0.25, 0.3) is 0 Å². The number of nitrogens with zero attached hydrogens (tertiary/aromatic N) is 1. The minimum atomic E-state index is -3.41. The normalized spacial score (nSPS) is 15.4. The molecule has 0 fully saturated rings. The minimum absolute atomic E-state index is 0.0389. The van der Waals surface area contributed by atoms with Gasteiger partial charge in [0.15, 0.2) is 0 Å². The first-order valence-corrected chi connectivity index (χ1v) is 8.97. The Kier molecular flexibility index (Phi) is 6.84. The molecule has 1 rings (SSSR count). The van der Waals surface area contributed by atoms with Crippen LogP contribution < -0.4 is 5.73 Å².